The maximum Gasteiger partial charge on any atom is 0.159 e. The van der Waals surface area contributed by atoms with Crippen molar-refractivity contribution < 1.29 is 0 Å². The van der Waals surface area contributed by atoms with Gasteiger partial charge in [-0.25, -0.2) is 9.97 Å². The second kappa shape index (κ2) is 5.74. The van der Waals surface area contributed by atoms with Gasteiger partial charge in [0.2, 0.25) is 0 Å². The lowest BCUT2D eigenvalue weighted by Crippen LogP contribution is -2.06. The topological polar surface area (TPSA) is 37.8 Å². The second-order valence-electron chi connectivity index (χ2n) is 4.72. The zero-order chi connectivity index (χ0) is 13.0. The predicted molar refractivity (Wildman–Crippen MR) is 74.3 cm³/mol. The van der Waals surface area contributed by atoms with E-state index in [4.69, 9.17) is 0 Å². The van der Waals surface area contributed by atoms with E-state index in [0.717, 1.165) is 23.5 Å². The summed E-state index contributed by atoms with van der Waals surface area (Å²) in [6, 6.07) is 8.46. The number of hydrogen-bond donors (Lipinski definition) is 1. The van der Waals surface area contributed by atoms with Gasteiger partial charge in [-0.1, -0.05) is 38.1 Å². The standard InChI is InChI=1S/C15H19N3/c1-11(2)13-4-6-14(7-5-13)15-17-9-12(8-16-3)10-18-15/h4-7,9-11,16H,8H2,1-3H3. The molecule has 1 aromatic heterocycles. The lowest BCUT2D eigenvalue weighted by atomic mass is 10.0. The third-order valence-corrected chi connectivity index (χ3v) is 2.92. The van der Waals surface area contributed by atoms with E-state index in [1.54, 1.807) is 0 Å². The summed E-state index contributed by atoms with van der Waals surface area (Å²) in [4.78, 5) is 8.78. The van der Waals surface area contributed by atoms with Crippen LogP contribution in [0.15, 0.2) is 36.7 Å². The Labute approximate surface area is 108 Å². The Morgan fingerprint density at radius 3 is 2.17 bits per heavy atom. The largest absolute Gasteiger partial charge is 0.316 e. The molecule has 0 bridgehead atoms. The summed E-state index contributed by atoms with van der Waals surface area (Å²) < 4.78 is 0. The molecule has 0 unspecified atom stereocenters. The third-order valence-electron chi connectivity index (χ3n) is 2.92. The Morgan fingerprint density at radius 1 is 1.06 bits per heavy atom. The molecule has 0 aliphatic heterocycles. The fraction of sp³-hybridized carbons (Fsp3) is 0.333. The van der Waals surface area contributed by atoms with Crippen molar-refractivity contribution in [1.82, 2.24) is 15.3 Å². The molecule has 0 spiro atoms. The molecule has 94 valence electrons. The first-order chi connectivity index (χ1) is 8.70. The van der Waals surface area contributed by atoms with Crippen LogP contribution in [0, 0.1) is 0 Å². The average Bonchev–Trinajstić information content (AvgIpc) is 2.40. The molecule has 0 saturated heterocycles. The number of nitrogens with zero attached hydrogens (tertiary/aromatic N) is 2. The van der Waals surface area contributed by atoms with E-state index in [2.05, 4.69) is 53.4 Å². The molecule has 3 nitrogen and oxygen atoms in total. The molecule has 1 aromatic carbocycles. The van der Waals surface area contributed by atoms with E-state index in [1.165, 1.54) is 5.56 Å². The van der Waals surface area contributed by atoms with Crippen molar-refractivity contribution in [2.45, 2.75) is 26.3 Å². The first-order valence-electron chi connectivity index (χ1n) is 6.26. The fourth-order valence-corrected chi connectivity index (χ4v) is 1.82. The van der Waals surface area contributed by atoms with E-state index in [0.29, 0.717) is 5.92 Å². The van der Waals surface area contributed by atoms with Crippen LogP contribution in [0.2, 0.25) is 0 Å². The lowest BCUT2D eigenvalue weighted by Gasteiger charge is -2.06. The minimum Gasteiger partial charge on any atom is -0.316 e. The van der Waals surface area contributed by atoms with Crippen LogP contribution in [0.1, 0.15) is 30.9 Å². The zero-order valence-electron chi connectivity index (χ0n) is 11.1. The van der Waals surface area contributed by atoms with Crippen molar-refractivity contribution in [3.63, 3.8) is 0 Å². The Bertz CT molecular complexity index is 486. The Hall–Kier alpha value is -1.74. The summed E-state index contributed by atoms with van der Waals surface area (Å²) in [6.45, 7) is 5.18. The Balaban J connectivity index is 2.20. The van der Waals surface area contributed by atoms with Crippen molar-refractivity contribution in [3.05, 3.63) is 47.8 Å². The van der Waals surface area contributed by atoms with E-state index < -0.39 is 0 Å². The minimum atomic E-state index is 0.554. The van der Waals surface area contributed by atoms with Gasteiger partial charge in [0.05, 0.1) is 0 Å². The summed E-state index contributed by atoms with van der Waals surface area (Å²) in [5.74, 6) is 1.34. The van der Waals surface area contributed by atoms with Crippen molar-refractivity contribution in [2.24, 2.45) is 0 Å². The SMILES string of the molecule is CNCc1cnc(-c2ccc(C(C)C)cc2)nc1. The highest BCUT2D eigenvalue weighted by molar-refractivity contribution is 5.55. The molecule has 18 heavy (non-hydrogen) atoms. The number of aromatic nitrogens is 2. The van der Waals surface area contributed by atoms with Crippen LogP contribution in [0.3, 0.4) is 0 Å². The molecule has 0 aliphatic carbocycles. The molecule has 0 radical (unpaired) electrons. The van der Waals surface area contributed by atoms with Gasteiger partial charge in [-0.05, 0) is 18.5 Å². The predicted octanol–water partition coefficient (Wildman–Crippen LogP) is 2.99. The number of nitrogens with one attached hydrogen (secondary N) is 1. The van der Waals surface area contributed by atoms with E-state index >= 15 is 0 Å². The smallest absolute Gasteiger partial charge is 0.159 e. The Kier molecular flexibility index (Phi) is 4.05. The minimum absolute atomic E-state index is 0.554. The van der Waals surface area contributed by atoms with Gasteiger partial charge in [0.25, 0.3) is 0 Å². The monoisotopic (exact) mass is 241 g/mol. The van der Waals surface area contributed by atoms with Gasteiger partial charge in [0.1, 0.15) is 0 Å². The van der Waals surface area contributed by atoms with Crippen LogP contribution in [-0.4, -0.2) is 17.0 Å². The van der Waals surface area contributed by atoms with Crippen LogP contribution >= 0.6 is 0 Å². The van der Waals surface area contributed by atoms with Gasteiger partial charge in [0.15, 0.2) is 5.82 Å². The molecule has 0 atom stereocenters. The van der Waals surface area contributed by atoms with Gasteiger partial charge >= 0.3 is 0 Å². The van der Waals surface area contributed by atoms with Crippen molar-refractivity contribution in [1.29, 1.82) is 0 Å². The molecule has 0 saturated carbocycles. The first kappa shape index (κ1) is 12.7. The van der Waals surface area contributed by atoms with Gasteiger partial charge in [-0.3, -0.25) is 0 Å². The molecule has 0 aliphatic rings. The fourth-order valence-electron chi connectivity index (χ4n) is 1.82. The first-order valence-corrected chi connectivity index (χ1v) is 6.26. The second-order valence-corrected chi connectivity index (χ2v) is 4.72. The summed E-state index contributed by atoms with van der Waals surface area (Å²) in [5, 5.41) is 3.08. The molecule has 0 fully saturated rings. The number of hydrogen-bond acceptors (Lipinski definition) is 3. The summed E-state index contributed by atoms with van der Waals surface area (Å²) >= 11 is 0. The average molecular weight is 241 g/mol. The third kappa shape index (κ3) is 2.93. The normalized spacial score (nSPS) is 10.9. The van der Waals surface area contributed by atoms with Gasteiger partial charge < -0.3 is 5.32 Å². The maximum absolute atomic E-state index is 4.39. The highest BCUT2D eigenvalue weighted by atomic mass is 14.9. The lowest BCUT2D eigenvalue weighted by molar-refractivity contribution is 0.807. The van der Waals surface area contributed by atoms with Crippen LogP contribution in [0.4, 0.5) is 0 Å². The van der Waals surface area contributed by atoms with Gasteiger partial charge in [0, 0.05) is 30.1 Å². The molecule has 2 rings (SSSR count). The van der Waals surface area contributed by atoms with Crippen LogP contribution < -0.4 is 5.32 Å². The van der Waals surface area contributed by atoms with E-state index in [1.807, 2.05) is 19.4 Å². The highest BCUT2D eigenvalue weighted by Crippen LogP contribution is 2.19. The van der Waals surface area contributed by atoms with E-state index in [9.17, 15) is 0 Å². The number of benzene rings is 1. The zero-order valence-corrected chi connectivity index (χ0v) is 11.1. The molecular formula is C15H19N3. The van der Waals surface area contributed by atoms with Crippen LogP contribution in [0.25, 0.3) is 11.4 Å². The van der Waals surface area contributed by atoms with Crippen LogP contribution in [-0.2, 0) is 6.54 Å². The van der Waals surface area contributed by atoms with Crippen molar-refractivity contribution in [2.75, 3.05) is 7.05 Å². The summed E-state index contributed by atoms with van der Waals surface area (Å²) in [6.07, 6.45) is 3.74. The number of rotatable bonds is 4. The molecule has 0 amide bonds. The van der Waals surface area contributed by atoms with Crippen LogP contribution in [0.5, 0.6) is 0 Å². The van der Waals surface area contributed by atoms with Crippen molar-refractivity contribution in [3.8, 4) is 11.4 Å². The molecule has 1 heterocycles. The Morgan fingerprint density at radius 2 is 1.67 bits per heavy atom. The quantitative estimate of drug-likeness (QED) is 0.894. The molecular weight excluding hydrogens is 222 g/mol. The maximum atomic E-state index is 4.39. The summed E-state index contributed by atoms with van der Waals surface area (Å²) in [5.41, 5.74) is 3.50. The summed E-state index contributed by atoms with van der Waals surface area (Å²) in [7, 11) is 1.92. The van der Waals surface area contributed by atoms with E-state index in [-0.39, 0.29) is 0 Å². The molecule has 3 heteroatoms. The van der Waals surface area contributed by atoms with Crippen molar-refractivity contribution >= 4 is 0 Å². The highest BCUT2D eigenvalue weighted by Gasteiger charge is 2.03. The van der Waals surface area contributed by atoms with Gasteiger partial charge in [-0.15, -0.1) is 0 Å². The van der Waals surface area contributed by atoms with Gasteiger partial charge in [-0.2, -0.15) is 0 Å². The molecule has 2 aromatic rings. The molecule has 1 N–H and O–H groups in total.